The van der Waals surface area contributed by atoms with Gasteiger partial charge in [-0.1, -0.05) is 0 Å². The number of carbonyl (C=O) groups excluding carboxylic acids is 1. The summed E-state index contributed by atoms with van der Waals surface area (Å²) in [6, 6.07) is 0. The van der Waals surface area contributed by atoms with Gasteiger partial charge < -0.3 is 30.3 Å². The van der Waals surface area contributed by atoms with Crippen molar-refractivity contribution < 1.29 is 30.3 Å². The normalized spacial score (nSPS) is 22.9. The number of aliphatic hydroxyl groups is 5. The predicted octanol–water partition coefficient (Wildman–Crippen LogP) is -4.09. The highest BCUT2D eigenvalue weighted by Gasteiger charge is 2.39. The van der Waals surface area contributed by atoms with E-state index in [2.05, 4.69) is 0 Å². The summed E-state index contributed by atoms with van der Waals surface area (Å²) in [6.45, 7) is -1.02. The van der Waals surface area contributed by atoms with Gasteiger partial charge in [-0.3, -0.25) is 5.73 Å². The van der Waals surface area contributed by atoms with Crippen LogP contribution in [0, 0.1) is 0 Å². The lowest BCUT2D eigenvalue weighted by molar-refractivity contribution is -0.166. The summed E-state index contributed by atoms with van der Waals surface area (Å²) in [5.41, 5.74) is 2.47. The number of rotatable bonds is 5. The van der Waals surface area contributed by atoms with Gasteiger partial charge in [0.25, 0.3) is 0 Å². The average molecular weight is 195 g/mol. The zero-order valence-electron chi connectivity index (χ0n) is 6.74. The third-order valence-electron chi connectivity index (χ3n) is 1.58. The number of nitrogens with two attached hydrogens (primary N) is 1. The Balaban J connectivity index is 4.40. The molecule has 4 atom stereocenters. The zero-order chi connectivity index (χ0) is 10.6. The van der Waals surface area contributed by atoms with Gasteiger partial charge in [-0.05, 0) is 0 Å². The van der Waals surface area contributed by atoms with Crippen molar-refractivity contribution in [3.05, 3.63) is 0 Å². The molecule has 0 saturated heterocycles. The van der Waals surface area contributed by atoms with Crippen molar-refractivity contribution in [2.45, 2.75) is 24.0 Å². The number of aldehydes is 1. The van der Waals surface area contributed by atoms with Gasteiger partial charge in [0, 0.05) is 0 Å². The molecule has 0 aliphatic heterocycles. The second-order valence-corrected chi connectivity index (χ2v) is 2.71. The van der Waals surface area contributed by atoms with Crippen molar-refractivity contribution >= 4 is 6.29 Å². The summed E-state index contributed by atoms with van der Waals surface area (Å²) in [5, 5.41) is 44.2. The molecular formula is C6H13NO6. The van der Waals surface area contributed by atoms with Crippen molar-refractivity contribution in [3.8, 4) is 0 Å². The van der Waals surface area contributed by atoms with E-state index >= 15 is 0 Å². The molecule has 7 N–H and O–H groups in total. The summed E-state index contributed by atoms with van der Waals surface area (Å²) in [5.74, 6) is 0. The fourth-order valence-corrected chi connectivity index (χ4v) is 0.656. The second kappa shape index (κ2) is 4.61. The molecule has 0 bridgehead atoms. The SMILES string of the molecule is N[C@@](O)(CO)[C@@H](O)[C@@H](O)[C@@H](O)C=O. The average Bonchev–Trinajstić information content (AvgIpc) is 2.14. The lowest BCUT2D eigenvalue weighted by atomic mass is 9.99. The van der Waals surface area contributed by atoms with E-state index in [-0.39, 0.29) is 6.29 Å². The van der Waals surface area contributed by atoms with Crippen molar-refractivity contribution in [1.82, 2.24) is 0 Å². The van der Waals surface area contributed by atoms with Crippen LogP contribution in [-0.4, -0.2) is 62.5 Å². The zero-order valence-corrected chi connectivity index (χ0v) is 6.74. The molecular weight excluding hydrogens is 182 g/mol. The number of hydrogen-bond donors (Lipinski definition) is 6. The molecule has 0 aromatic rings. The summed E-state index contributed by atoms with van der Waals surface area (Å²) in [4.78, 5) is 9.96. The molecule has 0 unspecified atom stereocenters. The van der Waals surface area contributed by atoms with Crippen LogP contribution in [0.5, 0.6) is 0 Å². The first-order valence-corrected chi connectivity index (χ1v) is 3.48. The van der Waals surface area contributed by atoms with Crippen LogP contribution >= 0.6 is 0 Å². The minimum atomic E-state index is -2.45. The van der Waals surface area contributed by atoms with Gasteiger partial charge in [0.1, 0.15) is 18.3 Å². The Morgan fingerprint density at radius 2 is 1.85 bits per heavy atom. The Bertz CT molecular complexity index is 173. The van der Waals surface area contributed by atoms with E-state index in [1.54, 1.807) is 0 Å². The van der Waals surface area contributed by atoms with Crippen LogP contribution in [0.15, 0.2) is 0 Å². The molecule has 78 valence electrons. The van der Waals surface area contributed by atoms with Crippen molar-refractivity contribution in [3.63, 3.8) is 0 Å². The summed E-state index contributed by atoms with van der Waals surface area (Å²) in [6.07, 6.45) is -5.85. The first kappa shape index (κ1) is 12.4. The van der Waals surface area contributed by atoms with Crippen LogP contribution in [0.25, 0.3) is 0 Å². The predicted molar refractivity (Wildman–Crippen MR) is 40.3 cm³/mol. The molecule has 13 heavy (non-hydrogen) atoms. The van der Waals surface area contributed by atoms with Crippen molar-refractivity contribution in [1.29, 1.82) is 0 Å². The third-order valence-corrected chi connectivity index (χ3v) is 1.58. The fourth-order valence-electron chi connectivity index (χ4n) is 0.656. The molecule has 7 heteroatoms. The van der Waals surface area contributed by atoms with Crippen LogP contribution < -0.4 is 5.73 Å². The van der Waals surface area contributed by atoms with Crippen LogP contribution in [0.2, 0.25) is 0 Å². The van der Waals surface area contributed by atoms with E-state index in [0.717, 1.165) is 0 Å². The maximum atomic E-state index is 9.96. The molecule has 0 heterocycles. The molecule has 0 rings (SSSR count). The highest BCUT2D eigenvalue weighted by atomic mass is 16.4. The summed E-state index contributed by atoms with van der Waals surface area (Å²) >= 11 is 0. The third kappa shape index (κ3) is 2.99. The molecule has 0 radical (unpaired) electrons. The van der Waals surface area contributed by atoms with Gasteiger partial charge in [-0.2, -0.15) is 0 Å². The molecule has 0 fully saturated rings. The topological polar surface area (TPSA) is 144 Å². The molecule has 0 spiro atoms. The highest BCUT2D eigenvalue weighted by molar-refractivity contribution is 5.56. The van der Waals surface area contributed by atoms with Gasteiger partial charge in [0.2, 0.25) is 0 Å². The molecule has 0 aliphatic rings. The number of aliphatic hydroxyl groups excluding tert-OH is 4. The molecule has 0 saturated carbocycles. The molecule has 0 aliphatic carbocycles. The van der Waals surface area contributed by atoms with E-state index in [1.807, 2.05) is 0 Å². The minimum absolute atomic E-state index is 0.0264. The Morgan fingerprint density at radius 3 is 2.15 bits per heavy atom. The monoisotopic (exact) mass is 195 g/mol. The van der Waals surface area contributed by atoms with Crippen LogP contribution in [0.1, 0.15) is 0 Å². The minimum Gasteiger partial charge on any atom is -0.392 e. The quantitative estimate of drug-likeness (QED) is 0.193. The maximum Gasteiger partial charge on any atom is 0.165 e. The van der Waals surface area contributed by atoms with Gasteiger partial charge in [-0.15, -0.1) is 0 Å². The first-order chi connectivity index (χ1) is 5.86. The Hall–Kier alpha value is -0.570. The summed E-state index contributed by atoms with van der Waals surface area (Å²) < 4.78 is 0. The maximum absolute atomic E-state index is 9.96. The van der Waals surface area contributed by atoms with Crippen LogP contribution in [0.3, 0.4) is 0 Å². The highest BCUT2D eigenvalue weighted by Crippen LogP contribution is 2.09. The number of carbonyl (C=O) groups is 1. The second-order valence-electron chi connectivity index (χ2n) is 2.71. The Kier molecular flexibility index (Phi) is 4.40. The summed E-state index contributed by atoms with van der Waals surface area (Å²) in [7, 11) is 0. The molecule has 7 nitrogen and oxygen atoms in total. The molecule has 0 aromatic carbocycles. The van der Waals surface area contributed by atoms with Gasteiger partial charge in [-0.25, -0.2) is 0 Å². The van der Waals surface area contributed by atoms with E-state index in [1.165, 1.54) is 0 Å². The lowest BCUT2D eigenvalue weighted by Gasteiger charge is -2.30. The largest absolute Gasteiger partial charge is 0.392 e. The molecule has 0 aromatic heterocycles. The fraction of sp³-hybridized carbons (Fsp3) is 0.833. The first-order valence-electron chi connectivity index (χ1n) is 3.48. The van der Waals surface area contributed by atoms with E-state index < -0.39 is 30.6 Å². The van der Waals surface area contributed by atoms with E-state index in [4.69, 9.17) is 31.3 Å². The Morgan fingerprint density at radius 1 is 1.38 bits per heavy atom. The van der Waals surface area contributed by atoms with Crippen LogP contribution in [0.4, 0.5) is 0 Å². The van der Waals surface area contributed by atoms with Gasteiger partial charge in [0.05, 0.1) is 6.61 Å². The van der Waals surface area contributed by atoms with Crippen molar-refractivity contribution in [2.75, 3.05) is 6.61 Å². The van der Waals surface area contributed by atoms with E-state index in [9.17, 15) is 4.79 Å². The lowest BCUT2D eigenvalue weighted by Crippen LogP contribution is -2.60. The smallest absolute Gasteiger partial charge is 0.165 e. The van der Waals surface area contributed by atoms with Crippen LogP contribution in [-0.2, 0) is 4.79 Å². The molecule has 0 amide bonds. The van der Waals surface area contributed by atoms with Gasteiger partial charge in [0.15, 0.2) is 12.0 Å². The van der Waals surface area contributed by atoms with E-state index in [0.29, 0.717) is 0 Å². The van der Waals surface area contributed by atoms with Gasteiger partial charge >= 0.3 is 0 Å². The number of hydrogen-bond acceptors (Lipinski definition) is 7. The van der Waals surface area contributed by atoms with Crippen molar-refractivity contribution in [2.24, 2.45) is 5.73 Å². The standard InChI is InChI=1S/C6H13NO6/c7-6(13,2-9)5(12)4(11)3(10)1-8/h1,3-5,9-13H,2,7H2/t3-,4-,5-,6+/m0/s1. The Labute approximate surface area is 74.0 Å².